The van der Waals surface area contributed by atoms with Crippen LogP contribution in [0.2, 0.25) is 23.2 Å². The molecule has 0 fully saturated rings. The van der Waals surface area contributed by atoms with Gasteiger partial charge in [-0.3, -0.25) is 9.55 Å². The van der Waals surface area contributed by atoms with Gasteiger partial charge in [-0.15, -0.1) is 11.3 Å². The maximum absolute atomic E-state index is 12.7. The molecule has 0 spiro atoms. The Hall–Kier alpha value is -2.72. The molecule has 3 aromatic heterocycles. The van der Waals surface area contributed by atoms with Crippen molar-refractivity contribution in [2.75, 3.05) is 7.11 Å². The number of halogens is 1. The second kappa shape index (κ2) is 11.2. The largest absolute Gasteiger partial charge is 0.484 e. The van der Waals surface area contributed by atoms with Crippen molar-refractivity contribution in [2.24, 2.45) is 0 Å². The number of hydrogen-bond acceptors (Lipinski definition) is 7. The zero-order valence-electron chi connectivity index (χ0n) is 22.9. The van der Waals surface area contributed by atoms with Crippen molar-refractivity contribution in [2.45, 2.75) is 65.0 Å². The van der Waals surface area contributed by atoms with Crippen LogP contribution in [0.15, 0.2) is 48.9 Å². The molecule has 4 aromatic rings. The lowest BCUT2D eigenvalue weighted by Crippen LogP contribution is -2.40. The first-order chi connectivity index (χ1) is 17.9. The van der Waals surface area contributed by atoms with Crippen molar-refractivity contribution < 1.29 is 18.7 Å². The number of esters is 1. The fraction of sp³-hybridized carbons (Fsp3) is 0.393. The van der Waals surface area contributed by atoms with E-state index < -0.39 is 14.3 Å². The molecule has 1 atom stereocenters. The van der Waals surface area contributed by atoms with Crippen LogP contribution in [0.3, 0.4) is 0 Å². The summed E-state index contributed by atoms with van der Waals surface area (Å²) in [6.07, 6.45) is 3.84. The molecule has 38 heavy (non-hydrogen) atoms. The van der Waals surface area contributed by atoms with Crippen molar-refractivity contribution in [3.05, 3.63) is 70.1 Å². The molecule has 0 saturated carbocycles. The maximum atomic E-state index is 12.7. The van der Waals surface area contributed by atoms with E-state index in [9.17, 15) is 4.79 Å². The van der Waals surface area contributed by atoms with Gasteiger partial charge in [-0.25, -0.2) is 9.78 Å². The lowest BCUT2D eigenvalue weighted by molar-refractivity contribution is 0.0599. The number of fused-ring (bicyclic) bond motifs is 1. The van der Waals surface area contributed by atoms with Crippen molar-refractivity contribution >= 4 is 48.3 Å². The number of benzene rings is 1. The zero-order chi connectivity index (χ0) is 27.7. The van der Waals surface area contributed by atoms with E-state index in [0.29, 0.717) is 28.7 Å². The van der Waals surface area contributed by atoms with Crippen molar-refractivity contribution in [1.29, 1.82) is 0 Å². The third-order valence-electron chi connectivity index (χ3n) is 7.06. The number of pyridine rings is 1. The van der Waals surface area contributed by atoms with E-state index in [1.165, 1.54) is 18.4 Å². The summed E-state index contributed by atoms with van der Waals surface area (Å²) >= 11 is 7.73. The highest BCUT2D eigenvalue weighted by atomic mass is 35.5. The first-order valence-electron chi connectivity index (χ1n) is 12.5. The van der Waals surface area contributed by atoms with Gasteiger partial charge in [-0.05, 0) is 36.7 Å². The van der Waals surface area contributed by atoms with Crippen LogP contribution < -0.4 is 4.74 Å². The molecule has 0 N–H and O–H groups in total. The van der Waals surface area contributed by atoms with Gasteiger partial charge in [0.15, 0.2) is 13.2 Å². The standard InChI is InChI=1S/C28H34ClN3O4SSi/c1-8-23(19-11-9-10-12-20(19)29)36-24-14-25(37-26(24)27(33)34-5)32-17-31-21-15-30-18(13-22(21)32)16-35-38(6,7)28(2,3)4/h9-15,17,23H,8,16H2,1-7H3. The number of imidazole rings is 1. The summed E-state index contributed by atoms with van der Waals surface area (Å²) in [6.45, 7) is 13.6. The van der Waals surface area contributed by atoms with E-state index in [2.05, 4.69) is 43.8 Å². The van der Waals surface area contributed by atoms with Crippen LogP contribution in [-0.2, 0) is 15.8 Å². The van der Waals surface area contributed by atoms with Gasteiger partial charge in [0.25, 0.3) is 0 Å². The number of hydrogen-bond donors (Lipinski definition) is 0. The van der Waals surface area contributed by atoms with Crippen LogP contribution in [0.4, 0.5) is 0 Å². The predicted molar refractivity (Wildman–Crippen MR) is 155 cm³/mol. The molecule has 0 aliphatic carbocycles. The molecule has 0 aliphatic heterocycles. The van der Waals surface area contributed by atoms with Crippen LogP contribution in [0, 0.1) is 0 Å². The SMILES string of the molecule is CCC(Oc1cc(-n2cnc3cnc(CO[Si](C)(C)C(C)(C)C)cc32)sc1C(=O)OC)c1ccccc1Cl. The molecule has 3 heterocycles. The molecule has 0 bridgehead atoms. The minimum Gasteiger partial charge on any atom is -0.484 e. The summed E-state index contributed by atoms with van der Waals surface area (Å²) in [5.74, 6) is -0.0131. The lowest BCUT2D eigenvalue weighted by Gasteiger charge is -2.36. The summed E-state index contributed by atoms with van der Waals surface area (Å²) in [5.41, 5.74) is 3.32. The van der Waals surface area contributed by atoms with Gasteiger partial charge in [0.05, 0.1) is 31.1 Å². The van der Waals surface area contributed by atoms with E-state index in [0.717, 1.165) is 27.3 Å². The molecule has 0 amide bonds. The monoisotopic (exact) mass is 571 g/mol. The van der Waals surface area contributed by atoms with Crippen LogP contribution >= 0.6 is 22.9 Å². The number of thiophene rings is 1. The Morgan fingerprint density at radius 2 is 1.92 bits per heavy atom. The molecule has 0 aliphatic rings. The molecule has 7 nitrogen and oxygen atoms in total. The van der Waals surface area contributed by atoms with Gasteiger partial charge < -0.3 is 13.9 Å². The van der Waals surface area contributed by atoms with Crippen LogP contribution in [0.1, 0.15) is 61.1 Å². The minimum atomic E-state index is -1.93. The number of rotatable bonds is 9. The molecule has 0 radical (unpaired) electrons. The molecular formula is C28H34ClN3O4SSi. The smallest absolute Gasteiger partial charge is 0.351 e. The Balaban J connectivity index is 1.69. The zero-order valence-corrected chi connectivity index (χ0v) is 25.4. The predicted octanol–water partition coefficient (Wildman–Crippen LogP) is 7.97. The van der Waals surface area contributed by atoms with Crippen LogP contribution in [0.5, 0.6) is 5.75 Å². The Bertz CT molecular complexity index is 1440. The second-order valence-electron chi connectivity index (χ2n) is 10.6. The molecular weight excluding hydrogens is 538 g/mol. The number of methoxy groups -OCH3 is 1. The maximum Gasteiger partial charge on any atom is 0.351 e. The fourth-order valence-corrected chi connectivity index (χ4v) is 5.93. The normalized spacial score (nSPS) is 13.1. The second-order valence-corrected chi connectivity index (χ2v) is 16.9. The van der Waals surface area contributed by atoms with Gasteiger partial charge in [0.1, 0.15) is 28.7 Å². The number of nitrogens with zero attached hydrogens (tertiary/aromatic N) is 3. The number of carbonyl (C=O) groups excluding carboxylic acids is 1. The van der Waals surface area contributed by atoms with Gasteiger partial charge in [-0.1, -0.05) is 57.5 Å². The molecule has 4 rings (SSSR count). The van der Waals surface area contributed by atoms with Crippen molar-refractivity contribution in [1.82, 2.24) is 14.5 Å². The van der Waals surface area contributed by atoms with Gasteiger partial charge >= 0.3 is 5.97 Å². The van der Waals surface area contributed by atoms with Crippen molar-refractivity contribution in [3.8, 4) is 10.8 Å². The number of ether oxygens (including phenoxy) is 2. The van der Waals surface area contributed by atoms with E-state index in [4.69, 9.17) is 25.5 Å². The minimum absolute atomic E-state index is 0.108. The summed E-state index contributed by atoms with van der Waals surface area (Å²) in [4.78, 5) is 22.2. The molecule has 1 unspecified atom stereocenters. The van der Waals surface area contributed by atoms with Gasteiger partial charge in [0, 0.05) is 16.7 Å². The summed E-state index contributed by atoms with van der Waals surface area (Å²) in [5, 5.41) is 1.51. The third-order valence-corrected chi connectivity index (χ3v) is 13.0. The third kappa shape index (κ3) is 5.81. The Labute approximate surface area is 233 Å². The summed E-state index contributed by atoms with van der Waals surface area (Å²) < 4.78 is 19.8. The summed E-state index contributed by atoms with van der Waals surface area (Å²) in [6, 6.07) is 11.4. The molecule has 0 saturated heterocycles. The highest BCUT2D eigenvalue weighted by Gasteiger charge is 2.37. The topological polar surface area (TPSA) is 75.5 Å². The number of carbonyl (C=O) groups is 1. The first kappa shape index (κ1) is 28.3. The quantitative estimate of drug-likeness (QED) is 0.150. The number of aromatic nitrogens is 3. The van der Waals surface area contributed by atoms with E-state index >= 15 is 0 Å². The first-order valence-corrected chi connectivity index (χ1v) is 16.6. The molecule has 10 heteroatoms. The van der Waals surface area contributed by atoms with Crippen LogP contribution in [-0.4, -0.2) is 35.9 Å². The molecule has 1 aromatic carbocycles. The molecule has 202 valence electrons. The highest BCUT2D eigenvalue weighted by Crippen LogP contribution is 2.39. The Morgan fingerprint density at radius 1 is 1.18 bits per heavy atom. The van der Waals surface area contributed by atoms with E-state index in [1.807, 2.05) is 47.9 Å². The van der Waals surface area contributed by atoms with Crippen LogP contribution in [0.25, 0.3) is 16.0 Å². The average molecular weight is 572 g/mol. The highest BCUT2D eigenvalue weighted by molar-refractivity contribution is 7.16. The fourth-order valence-electron chi connectivity index (χ4n) is 3.74. The van der Waals surface area contributed by atoms with Crippen molar-refractivity contribution in [3.63, 3.8) is 0 Å². The van der Waals surface area contributed by atoms with Gasteiger partial charge in [0.2, 0.25) is 0 Å². The van der Waals surface area contributed by atoms with Gasteiger partial charge in [-0.2, -0.15) is 0 Å². The lowest BCUT2D eigenvalue weighted by atomic mass is 10.1. The van der Waals surface area contributed by atoms with E-state index in [-0.39, 0.29) is 11.1 Å². The summed E-state index contributed by atoms with van der Waals surface area (Å²) in [7, 11) is -0.562. The Kier molecular flexibility index (Phi) is 8.32. The Morgan fingerprint density at radius 3 is 2.58 bits per heavy atom. The van der Waals surface area contributed by atoms with E-state index in [1.54, 1.807) is 12.5 Å². The average Bonchev–Trinajstić information content (AvgIpc) is 3.49.